The number of hydrogen-bond acceptors (Lipinski definition) is 9. The van der Waals surface area contributed by atoms with E-state index in [1.54, 1.807) is 79.3 Å². The lowest BCUT2D eigenvalue weighted by atomic mass is 10.1. The summed E-state index contributed by atoms with van der Waals surface area (Å²) >= 11 is 0. The number of pyridine rings is 3. The molecule has 0 unspecified atom stereocenters. The summed E-state index contributed by atoms with van der Waals surface area (Å²) in [6.45, 7) is 4.55. The van der Waals surface area contributed by atoms with Crippen molar-refractivity contribution in [1.82, 2.24) is 24.8 Å². The third-order valence-corrected chi connectivity index (χ3v) is 8.32. The van der Waals surface area contributed by atoms with E-state index in [2.05, 4.69) is 15.0 Å². The van der Waals surface area contributed by atoms with Crippen LogP contribution in [0.1, 0.15) is 90.2 Å². The molecule has 5 heterocycles. The molecule has 3 N–H and O–H groups in total. The van der Waals surface area contributed by atoms with E-state index in [1.165, 1.54) is 9.80 Å². The third-order valence-electron chi connectivity index (χ3n) is 8.32. The number of imide groups is 2. The van der Waals surface area contributed by atoms with Crippen LogP contribution in [0.5, 0.6) is 0 Å². The van der Waals surface area contributed by atoms with Crippen molar-refractivity contribution in [3.63, 3.8) is 0 Å². The SMILES string of the molecule is C[C@@H](CN1C(=O)c2ccccc2C1=O)c1ccccn1.C[C@@H](CO)c1ccccn1.N[C@@H](CN1C(=O)c2ccccc2C1=O)c1ccccn1. The average molecular weight is 671 g/mol. The van der Waals surface area contributed by atoms with E-state index in [0.29, 0.717) is 34.5 Å². The zero-order chi connectivity index (χ0) is 35.6. The Morgan fingerprint density at radius 3 is 1.22 bits per heavy atom. The Morgan fingerprint density at radius 2 is 0.860 bits per heavy atom. The van der Waals surface area contributed by atoms with Gasteiger partial charge in [-0.25, -0.2) is 0 Å². The quantitative estimate of drug-likeness (QED) is 0.216. The molecule has 2 aliphatic rings. The van der Waals surface area contributed by atoms with Crippen LogP contribution < -0.4 is 5.73 Å². The summed E-state index contributed by atoms with van der Waals surface area (Å²) in [6.07, 6.45) is 5.09. The maximum absolute atomic E-state index is 12.3. The Labute approximate surface area is 290 Å². The first-order valence-corrected chi connectivity index (χ1v) is 16.2. The van der Waals surface area contributed by atoms with Crippen molar-refractivity contribution in [3.8, 4) is 0 Å². The van der Waals surface area contributed by atoms with E-state index in [4.69, 9.17) is 10.8 Å². The summed E-state index contributed by atoms with van der Waals surface area (Å²) in [5.41, 5.74) is 10.4. The van der Waals surface area contributed by atoms with Crippen molar-refractivity contribution in [1.29, 1.82) is 0 Å². The summed E-state index contributed by atoms with van der Waals surface area (Å²) in [6, 6.07) is 30.0. The van der Waals surface area contributed by atoms with E-state index < -0.39 is 6.04 Å². The van der Waals surface area contributed by atoms with E-state index in [9.17, 15) is 19.2 Å². The number of carbonyl (C=O) groups is 4. The lowest BCUT2D eigenvalue weighted by Crippen LogP contribution is -2.36. The highest BCUT2D eigenvalue weighted by Crippen LogP contribution is 2.26. The fraction of sp³-hybridized carbons (Fsp3) is 0.205. The molecule has 0 saturated carbocycles. The summed E-state index contributed by atoms with van der Waals surface area (Å²) in [5.74, 6) is -0.852. The van der Waals surface area contributed by atoms with Crippen molar-refractivity contribution in [3.05, 3.63) is 161 Å². The summed E-state index contributed by atoms with van der Waals surface area (Å²) in [7, 11) is 0. The van der Waals surface area contributed by atoms with Crippen molar-refractivity contribution in [2.24, 2.45) is 5.73 Å². The normalized spacial score (nSPS) is 14.9. The number of carbonyl (C=O) groups excluding carboxylic acids is 4. The first-order chi connectivity index (χ1) is 24.2. The monoisotopic (exact) mass is 670 g/mol. The van der Waals surface area contributed by atoms with E-state index >= 15 is 0 Å². The number of aliphatic hydroxyl groups excluding tert-OH is 1. The van der Waals surface area contributed by atoms with Crippen LogP contribution in [0.4, 0.5) is 0 Å². The number of amides is 4. The maximum atomic E-state index is 12.3. The Balaban J connectivity index is 0.000000154. The molecule has 3 aromatic heterocycles. The minimum atomic E-state index is -0.488. The molecule has 5 aromatic rings. The lowest BCUT2D eigenvalue weighted by Gasteiger charge is -2.18. The van der Waals surface area contributed by atoms with Crippen molar-refractivity contribution in [2.75, 3.05) is 19.7 Å². The summed E-state index contributed by atoms with van der Waals surface area (Å²) < 4.78 is 0. The molecule has 254 valence electrons. The van der Waals surface area contributed by atoms with Gasteiger partial charge in [0, 0.05) is 48.4 Å². The molecule has 0 aliphatic carbocycles. The fourth-order valence-corrected chi connectivity index (χ4v) is 5.49. The molecule has 11 heteroatoms. The molecule has 50 heavy (non-hydrogen) atoms. The Kier molecular flexibility index (Phi) is 11.7. The standard InChI is InChI=1S/C16H14N2O2.C15H13N3O2.C8H11NO/c1-11(14-8-4-5-9-17-14)10-18-15(19)12-6-2-3-7-13(12)16(18)20;16-12(13-7-3-4-8-17-13)9-18-14(19)10-5-1-2-6-11(10)15(18)20;1-7(6-10)8-4-2-3-5-9-8/h2-9,11H,10H2,1H3;1-8,12H,9,16H2;2-5,7,10H,6H2,1H3/t11-;12-;7-/m000/s1. The number of nitrogens with zero attached hydrogens (tertiary/aromatic N) is 5. The minimum Gasteiger partial charge on any atom is -0.396 e. The Morgan fingerprint density at radius 1 is 0.520 bits per heavy atom. The van der Waals surface area contributed by atoms with Gasteiger partial charge < -0.3 is 10.8 Å². The van der Waals surface area contributed by atoms with Crippen LogP contribution in [0, 0.1) is 0 Å². The van der Waals surface area contributed by atoms with Gasteiger partial charge in [-0.05, 0) is 60.7 Å². The molecule has 3 atom stereocenters. The highest BCUT2D eigenvalue weighted by atomic mass is 16.3. The Hall–Kier alpha value is -5.91. The predicted molar refractivity (Wildman–Crippen MR) is 187 cm³/mol. The molecular weight excluding hydrogens is 632 g/mol. The molecule has 7 rings (SSSR count). The highest BCUT2D eigenvalue weighted by molar-refractivity contribution is 6.22. The van der Waals surface area contributed by atoms with Gasteiger partial charge in [-0.1, -0.05) is 56.3 Å². The smallest absolute Gasteiger partial charge is 0.261 e. The van der Waals surface area contributed by atoms with E-state index in [1.807, 2.05) is 56.3 Å². The zero-order valence-electron chi connectivity index (χ0n) is 27.8. The molecule has 4 amide bonds. The van der Waals surface area contributed by atoms with Gasteiger partial charge in [-0.15, -0.1) is 0 Å². The molecule has 2 aromatic carbocycles. The van der Waals surface area contributed by atoms with Crippen LogP contribution in [-0.2, 0) is 0 Å². The largest absolute Gasteiger partial charge is 0.396 e. The van der Waals surface area contributed by atoms with Crippen molar-refractivity contribution < 1.29 is 24.3 Å². The summed E-state index contributed by atoms with van der Waals surface area (Å²) in [5, 5.41) is 8.75. The number of hydrogen-bond donors (Lipinski definition) is 2. The predicted octanol–water partition coefficient (Wildman–Crippen LogP) is 5.04. The zero-order valence-corrected chi connectivity index (χ0v) is 27.8. The molecule has 11 nitrogen and oxygen atoms in total. The van der Waals surface area contributed by atoms with Crippen LogP contribution in [-0.4, -0.2) is 73.2 Å². The van der Waals surface area contributed by atoms with Gasteiger partial charge in [0.15, 0.2) is 0 Å². The second-order valence-corrected chi connectivity index (χ2v) is 11.9. The van der Waals surface area contributed by atoms with Gasteiger partial charge in [0.05, 0.1) is 47.1 Å². The van der Waals surface area contributed by atoms with Gasteiger partial charge in [-0.3, -0.25) is 43.9 Å². The van der Waals surface area contributed by atoms with Crippen molar-refractivity contribution >= 4 is 23.6 Å². The highest BCUT2D eigenvalue weighted by Gasteiger charge is 2.37. The fourth-order valence-electron chi connectivity index (χ4n) is 5.49. The number of benzene rings is 2. The van der Waals surface area contributed by atoms with Gasteiger partial charge in [0.25, 0.3) is 23.6 Å². The van der Waals surface area contributed by atoms with Gasteiger partial charge in [0.1, 0.15) is 0 Å². The maximum Gasteiger partial charge on any atom is 0.261 e. The van der Waals surface area contributed by atoms with Gasteiger partial charge >= 0.3 is 0 Å². The summed E-state index contributed by atoms with van der Waals surface area (Å²) in [4.78, 5) is 63.9. The van der Waals surface area contributed by atoms with Gasteiger partial charge in [0.2, 0.25) is 0 Å². The van der Waals surface area contributed by atoms with Gasteiger partial charge in [-0.2, -0.15) is 0 Å². The molecule has 0 bridgehead atoms. The van der Waals surface area contributed by atoms with Crippen LogP contribution in [0.25, 0.3) is 0 Å². The minimum absolute atomic E-state index is 0.0124. The first-order valence-electron chi connectivity index (χ1n) is 16.2. The van der Waals surface area contributed by atoms with Crippen LogP contribution in [0.2, 0.25) is 0 Å². The number of aromatic nitrogens is 3. The third kappa shape index (κ3) is 8.03. The van der Waals surface area contributed by atoms with Crippen LogP contribution in [0.15, 0.2) is 122 Å². The molecular formula is C39H38N6O5. The molecule has 0 fully saturated rings. The second-order valence-electron chi connectivity index (χ2n) is 11.9. The lowest BCUT2D eigenvalue weighted by molar-refractivity contribution is 0.0630. The first kappa shape index (κ1) is 35.4. The van der Waals surface area contributed by atoms with E-state index in [0.717, 1.165) is 11.4 Å². The number of nitrogens with two attached hydrogens (primary N) is 1. The topological polar surface area (TPSA) is 160 Å². The Bertz CT molecular complexity index is 1750. The second kappa shape index (κ2) is 16.5. The molecule has 0 spiro atoms. The number of aliphatic hydroxyl groups is 1. The van der Waals surface area contributed by atoms with E-state index in [-0.39, 0.29) is 48.6 Å². The van der Waals surface area contributed by atoms with Crippen LogP contribution >= 0.6 is 0 Å². The number of rotatable bonds is 8. The number of fused-ring (bicyclic) bond motifs is 2. The molecule has 0 saturated heterocycles. The van der Waals surface area contributed by atoms with Crippen LogP contribution in [0.3, 0.4) is 0 Å². The molecule has 2 aliphatic heterocycles. The van der Waals surface area contributed by atoms with Crippen molar-refractivity contribution in [2.45, 2.75) is 31.7 Å². The molecule has 0 radical (unpaired) electrons. The average Bonchev–Trinajstić information content (AvgIpc) is 3.56.